The molecule has 0 heterocycles. The average molecular weight is 189 g/mol. The van der Waals surface area contributed by atoms with Crippen LogP contribution in [0.1, 0.15) is 18.1 Å². The smallest absolute Gasteiger partial charge is 0.264 e. The molecule has 3 nitrogen and oxygen atoms in total. The fourth-order valence-electron chi connectivity index (χ4n) is 1.06. The molecule has 1 amide bonds. The van der Waals surface area contributed by atoms with Gasteiger partial charge in [0.05, 0.1) is 0 Å². The highest BCUT2D eigenvalue weighted by atomic mass is 16.3. The van der Waals surface area contributed by atoms with Crippen molar-refractivity contribution in [2.45, 2.75) is 13.3 Å². The van der Waals surface area contributed by atoms with E-state index in [4.69, 9.17) is 0 Å². The van der Waals surface area contributed by atoms with Crippen molar-refractivity contribution in [2.24, 2.45) is 5.18 Å². The number of benzene rings is 1. The maximum atomic E-state index is 10.5. The summed E-state index contributed by atoms with van der Waals surface area (Å²) in [5.41, 5.74) is 2.13. The van der Waals surface area contributed by atoms with Crippen LogP contribution in [0.5, 0.6) is 0 Å². The fourth-order valence-corrected chi connectivity index (χ4v) is 1.06. The minimum absolute atomic E-state index is 0.760. The Hall–Kier alpha value is -1.77. The Bertz CT molecular complexity index is 352. The Morgan fingerprint density at radius 3 is 2.50 bits per heavy atom. The molecule has 1 aromatic carbocycles. The van der Waals surface area contributed by atoms with E-state index in [1.165, 1.54) is 5.56 Å². The molecule has 0 saturated heterocycles. The molecule has 0 spiro atoms. The van der Waals surface area contributed by atoms with E-state index in [0.29, 0.717) is 0 Å². The van der Waals surface area contributed by atoms with E-state index in [1.54, 1.807) is 6.08 Å². The van der Waals surface area contributed by atoms with E-state index < -0.39 is 5.91 Å². The zero-order valence-electron chi connectivity index (χ0n) is 7.93. The minimum Gasteiger partial charge on any atom is -0.264 e. The van der Waals surface area contributed by atoms with E-state index in [-0.39, 0.29) is 0 Å². The molecular formula is C11H11NO2. The van der Waals surface area contributed by atoms with Crippen LogP contribution in [0.25, 0.3) is 6.08 Å². The lowest BCUT2D eigenvalue weighted by Crippen LogP contribution is -1.83. The summed E-state index contributed by atoms with van der Waals surface area (Å²) in [5.74, 6) is -0.760. The molecule has 0 fully saturated rings. The van der Waals surface area contributed by atoms with Crippen molar-refractivity contribution in [2.75, 3.05) is 0 Å². The number of carbonyl (C=O) groups excluding carboxylic acids is 1. The second kappa shape index (κ2) is 5.07. The van der Waals surface area contributed by atoms with Gasteiger partial charge in [-0.3, -0.25) is 4.79 Å². The lowest BCUT2D eigenvalue weighted by Gasteiger charge is -1.96. The van der Waals surface area contributed by atoms with Crippen LogP contribution in [-0.4, -0.2) is 5.91 Å². The predicted molar refractivity (Wildman–Crippen MR) is 55.7 cm³/mol. The van der Waals surface area contributed by atoms with Crippen LogP contribution in [0.2, 0.25) is 0 Å². The van der Waals surface area contributed by atoms with Crippen LogP contribution in [0.15, 0.2) is 35.5 Å². The Morgan fingerprint density at radius 1 is 1.36 bits per heavy atom. The van der Waals surface area contributed by atoms with Gasteiger partial charge in [-0.25, -0.2) is 0 Å². The summed E-state index contributed by atoms with van der Waals surface area (Å²) >= 11 is 0. The van der Waals surface area contributed by atoms with Crippen LogP contribution >= 0.6 is 0 Å². The maximum Gasteiger partial charge on any atom is 0.309 e. The monoisotopic (exact) mass is 189 g/mol. The molecule has 14 heavy (non-hydrogen) atoms. The summed E-state index contributed by atoms with van der Waals surface area (Å²) < 4.78 is 0. The van der Waals surface area contributed by atoms with Crippen LogP contribution < -0.4 is 0 Å². The largest absolute Gasteiger partial charge is 0.309 e. The summed E-state index contributed by atoms with van der Waals surface area (Å²) in [6.07, 6.45) is 3.72. The van der Waals surface area contributed by atoms with Gasteiger partial charge >= 0.3 is 5.91 Å². The van der Waals surface area contributed by atoms with Gasteiger partial charge in [0.1, 0.15) is 0 Å². The van der Waals surface area contributed by atoms with E-state index in [2.05, 4.69) is 12.1 Å². The van der Waals surface area contributed by atoms with Crippen molar-refractivity contribution in [1.29, 1.82) is 0 Å². The number of carbonyl (C=O) groups is 1. The maximum absolute atomic E-state index is 10.5. The van der Waals surface area contributed by atoms with Gasteiger partial charge in [-0.2, -0.15) is 0 Å². The lowest BCUT2D eigenvalue weighted by atomic mass is 10.1. The molecule has 0 radical (unpaired) electrons. The first kappa shape index (κ1) is 10.3. The summed E-state index contributed by atoms with van der Waals surface area (Å²) in [7, 11) is 0. The van der Waals surface area contributed by atoms with Gasteiger partial charge in [-0.05, 0) is 23.6 Å². The molecule has 3 heteroatoms. The molecule has 72 valence electrons. The molecule has 0 atom stereocenters. The second-order valence-electron chi connectivity index (χ2n) is 2.86. The van der Waals surface area contributed by atoms with Crippen LogP contribution in [0, 0.1) is 4.91 Å². The Labute approximate surface area is 82.4 Å². The summed E-state index contributed by atoms with van der Waals surface area (Å²) in [5, 5.41) is 2.26. The number of hydrogen-bond donors (Lipinski definition) is 0. The predicted octanol–water partition coefficient (Wildman–Crippen LogP) is 2.56. The molecule has 1 rings (SSSR count). The van der Waals surface area contributed by atoms with Gasteiger partial charge in [-0.1, -0.05) is 31.2 Å². The van der Waals surface area contributed by atoms with Gasteiger partial charge in [-0.15, -0.1) is 4.91 Å². The third kappa shape index (κ3) is 2.94. The number of hydrogen-bond acceptors (Lipinski definition) is 2. The molecule has 0 unspecified atom stereocenters. The Balaban J connectivity index is 2.73. The number of rotatable bonds is 3. The average Bonchev–Trinajstić information content (AvgIpc) is 2.26. The van der Waals surface area contributed by atoms with Gasteiger partial charge in [0.15, 0.2) is 0 Å². The molecule has 0 aliphatic carbocycles. The van der Waals surface area contributed by atoms with Crippen molar-refractivity contribution in [3.05, 3.63) is 46.4 Å². The van der Waals surface area contributed by atoms with E-state index in [1.807, 2.05) is 24.3 Å². The van der Waals surface area contributed by atoms with Crippen LogP contribution in [0.3, 0.4) is 0 Å². The third-order valence-corrected chi connectivity index (χ3v) is 1.90. The molecule has 0 aliphatic rings. The van der Waals surface area contributed by atoms with Gasteiger partial charge < -0.3 is 0 Å². The van der Waals surface area contributed by atoms with Crippen molar-refractivity contribution in [3.8, 4) is 0 Å². The highest BCUT2D eigenvalue weighted by Gasteiger charge is 1.92. The molecule has 0 aromatic heterocycles. The van der Waals surface area contributed by atoms with Crippen molar-refractivity contribution in [3.63, 3.8) is 0 Å². The lowest BCUT2D eigenvalue weighted by molar-refractivity contribution is -0.113. The highest BCUT2D eigenvalue weighted by Crippen LogP contribution is 2.06. The molecule has 0 aliphatic heterocycles. The first-order valence-corrected chi connectivity index (χ1v) is 4.40. The van der Waals surface area contributed by atoms with Crippen LogP contribution in [0.4, 0.5) is 0 Å². The Kier molecular flexibility index (Phi) is 3.73. The Morgan fingerprint density at radius 2 is 2.00 bits per heavy atom. The van der Waals surface area contributed by atoms with Crippen molar-refractivity contribution in [1.82, 2.24) is 0 Å². The fraction of sp³-hybridized carbons (Fsp3) is 0.182. The zero-order chi connectivity index (χ0) is 10.4. The normalized spacial score (nSPS) is 10.4. The summed E-state index contributed by atoms with van der Waals surface area (Å²) in [4.78, 5) is 20.3. The molecular weight excluding hydrogens is 178 g/mol. The number of nitroso groups, excluding NO2 is 1. The standard InChI is InChI=1S/C11H11NO2/c1-2-9-3-5-10(6-4-9)7-8-11(13)12-14/h3-8H,2H2,1H3/b8-7+. The molecule has 1 aromatic rings. The minimum atomic E-state index is -0.760. The van der Waals surface area contributed by atoms with E-state index in [9.17, 15) is 9.70 Å². The SMILES string of the molecule is CCc1ccc(/C=C/C(=O)N=O)cc1. The number of aryl methyl sites for hydroxylation is 1. The summed E-state index contributed by atoms with van der Waals surface area (Å²) in [6, 6.07) is 7.76. The van der Waals surface area contributed by atoms with Crippen LogP contribution in [-0.2, 0) is 11.2 Å². The van der Waals surface area contributed by atoms with Gasteiger partial charge in [0.25, 0.3) is 0 Å². The highest BCUT2D eigenvalue weighted by molar-refractivity contribution is 5.92. The van der Waals surface area contributed by atoms with Gasteiger partial charge in [0, 0.05) is 11.3 Å². The number of nitrogens with zero attached hydrogens (tertiary/aromatic N) is 1. The van der Waals surface area contributed by atoms with Gasteiger partial charge in [0.2, 0.25) is 0 Å². The molecule has 0 N–H and O–H groups in total. The first-order chi connectivity index (χ1) is 6.76. The number of amides is 1. The van der Waals surface area contributed by atoms with E-state index in [0.717, 1.165) is 18.1 Å². The first-order valence-electron chi connectivity index (χ1n) is 4.40. The second-order valence-corrected chi connectivity index (χ2v) is 2.86. The topological polar surface area (TPSA) is 46.5 Å². The quantitative estimate of drug-likeness (QED) is 0.541. The summed E-state index contributed by atoms with van der Waals surface area (Å²) in [6.45, 7) is 2.07. The van der Waals surface area contributed by atoms with E-state index >= 15 is 0 Å². The third-order valence-electron chi connectivity index (χ3n) is 1.90. The molecule has 0 saturated carbocycles. The van der Waals surface area contributed by atoms with Crippen molar-refractivity contribution >= 4 is 12.0 Å². The zero-order valence-corrected chi connectivity index (χ0v) is 7.93. The molecule has 0 bridgehead atoms. The van der Waals surface area contributed by atoms with Crippen molar-refractivity contribution < 1.29 is 4.79 Å².